The zero-order valence-corrected chi connectivity index (χ0v) is 14.1. The number of rotatable bonds is 6. The van der Waals surface area contributed by atoms with Crippen molar-refractivity contribution in [2.24, 2.45) is 7.05 Å². The predicted molar refractivity (Wildman–Crippen MR) is 90.4 cm³/mol. The molecular formula is C16H18N6O3. The molecular weight excluding hydrogens is 324 g/mol. The molecule has 0 saturated carbocycles. The normalized spacial score (nSPS) is 10.5. The summed E-state index contributed by atoms with van der Waals surface area (Å²) in [5.74, 6) is 1.57. The minimum Gasteiger partial charge on any atom is -0.497 e. The zero-order valence-electron chi connectivity index (χ0n) is 14.1. The van der Waals surface area contributed by atoms with Crippen LogP contribution in [0, 0.1) is 0 Å². The Bertz CT molecular complexity index is 886. The van der Waals surface area contributed by atoms with Crippen LogP contribution in [0.2, 0.25) is 0 Å². The molecule has 3 rings (SSSR count). The quantitative estimate of drug-likeness (QED) is 0.726. The second-order valence-corrected chi connectivity index (χ2v) is 5.32. The molecule has 0 aliphatic rings. The molecule has 9 nitrogen and oxygen atoms in total. The van der Waals surface area contributed by atoms with E-state index in [1.54, 1.807) is 44.5 Å². The van der Waals surface area contributed by atoms with Crippen molar-refractivity contribution < 1.29 is 14.3 Å². The lowest BCUT2D eigenvalue weighted by Gasteiger charge is -2.08. The number of anilines is 1. The Kier molecular flexibility index (Phi) is 4.64. The van der Waals surface area contributed by atoms with Crippen molar-refractivity contribution in [3.8, 4) is 22.6 Å². The van der Waals surface area contributed by atoms with Gasteiger partial charge in [-0.3, -0.25) is 14.2 Å². The van der Waals surface area contributed by atoms with Crippen LogP contribution in [0.4, 0.5) is 5.82 Å². The number of methoxy groups -OCH3 is 2. The molecule has 0 saturated heterocycles. The van der Waals surface area contributed by atoms with Crippen LogP contribution >= 0.6 is 0 Å². The van der Waals surface area contributed by atoms with E-state index >= 15 is 0 Å². The molecule has 0 atom stereocenters. The number of nitrogens with one attached hydrogen (secondary N) is 1. The molecule has 3 aromatic rings. The first kappa shape index (κ1) is 16.5. The summed E-state index contributed by atoms with van der Waals surface area (Å²) in [7, 11) is 4.93. The summed E-state index contributed by atoms with van der Waals surface area (Å²) < 4.78 is 13.7. The molecule has 2 aromatic heterocycles. The Balaban J connectivity index is 1.75. The SMILES string of the molecule is COc1ccc(OC)c(-c2cnn(CC(=O)Nc3cn(C)nn3)c2)c1. The molecule has 1 aromatic carbocycles. The Morgan fingerprint density at radius 1 is 1.24 bits per heavy atom. The van der Waals surface area contributed by atoms with Crippen LogP contribution in [0.5, 0.6) is 11.5 Å². The monoisotopic (exact) mass is 342 g/mol. The molecule has 0 radical (unpaired) electrons. The number of ether oxygens (including phenoxy) is 2. The van der Waals surface area contributed by atoms with E-state index < -0.39 is 0 Å². The van der Waals surface area contributed by atoms with Crippen LogP contribution in [-0.2, 0) is 18.4 Å². The fraction of sp³-hybridized carbons (Fsp3) is 0.250. The number of hydrogen-bond acceptors (Lipinski definition) is 6. The number of aryl methyl sites for hydroxylation is 1. The van der Waals surface area contributed by atoms with E-state index in [4.69, 9.17) is 9.47 Å². The number of nitrogens with zero attached hydrogens (tertiary/aromatic N) is 5. The number of hydrogen-bond donors (Lipinski definition) is 1. The molecule has 0 spiro atoms. The van der Waals surface area contributed by atoms with Crippen molar-refractivity contribution in [1.82, 2.24) is 24.8 Å². The maximum Gasteiger partial charge on any atom is 0.247 e. The van der Waals surface area contributed by atoms with Gasteiger partial charge in [-0.05, 0) is 18.2 Å². The van der Waals surface area contributed by atoms with E-state index in [2.05, 4.69) is 20.7 Å². The van der Waals surface area contributed by atoms with Gasteiger partial charge in [0.25, 0.3) is 0 Å². The first-order chi connectivity index (χ1) is 12.1. The van der Waals surface area contributed by atoms with E-state index in [0.29, 0.717) is 17.3 Å². The summed E-state index contributed by atoms with van der Waals surface area (Å²) in [5, 5.41) is 14.5. The third-order valence-corrected chi connectivity index (χ3v) is 3.53. The summed E-state index contributed by atoms with van der Waals surface area (Å²) in [6.07, 6.45) is 5.06. The Morgan fingerprint density at radius 2 is 2.08 bits per heavy atom. The molecule has 1 N–H and O–H groups in total. The summed E-state index contributed by atoms with van der Waals surface area (Å²) in [6.45, 7) is 0.0584. The highest BCUT2D eigenvalue weighted by atomic mass is 16.5. The second kappa shape index (κ2) is 7.04. The van der Waals surface area contributed by atoms with Gasteiger partial charge in [-0.1, -0.05) is 5.21 Å². The van der Waals surface area contributed by atoms with E-state index in [9.17, 15) is 4.79 Å². The van der Waals surface area contributed by atoms with Crippen molar-refractivity contribution in [3.63, 3.8) is 0 Å². The molecule has 0 aliphatic carbocycles. The maximum atomic E-state index is 12.1. The minimum absolute atomic E-state index is 0.0584. The molecule has 130 valence electrons. The van der Waals surface area contributed by atoms with Crippen molar-refractivity contribution in [2.45, 2.75) is 6.54 Å². The largest absolute Gasteiger partial charge is 0.497 e. The summed E-state index contributed by atoms with van der Waals surface area (Å²) in [4.78, 5) is 12.1. The third-order valence-electron chi connectivity index (χ3n) is 3.53. The average Bonchev–Trinajstić information content (AvgIpc) is 3.23. The number of amides is 1. The van der Waals surface area contributed by atoms with Crippen LogP contribution in [0.1, 0.15) is 0 Å². The van der Waals surface area contributed by atoms with Crippen molar-refractivity contribution in [1.29, 1.82) is 0 Å². The molecule has 0 unspecified atom stereocenters. The molecule has 1 amide bonds. The van der Waals surface area contributed by atoms with E-state index in [-0.39, 0.29) is 12.5 Å². The highest BCUT2D eigenvalue weighted by Crippen LogP contribution is 2.33. The van der Waals surface area contributed by atoms with Gasteiger partial charge in [0.15, 0.2) is 5.82 Å². The Morgan fingerprint density at radius 3 is 2.76 bits per heavy atom. The van der Waals surface area contributed by atoms with Crippen LogP contribution in [-0.4, -0.2) is 44.9 Å². The lowest BCUT2D eigenvalue weighted by Crippen LogP contribution is -2.19. The highest BCUT2D eigenvalue weighted by molar-refractivity contribution is 5.89. The van der Waals surface area contributed by atoms with Gasteiger partial charge in [-0.25, -0.2) is 0 Å². The lowest BCUT2D eigenvalue weighted by molar-refractivity contribution is -0.116. The molecule has 0 bridgehead atoms. The van der Waals surface area contributed by atoms with Crippen LogP contribution in [0.15, 0.2) is 36.8 Å². The highest BCUT2D eigenvalue weighted by Gasteiger charge is 2.12. The fourth-order valence-corrected chi connectivity index (χ4v) is 2.36. The average molecular weight is 342 g/mol. The smallest absolute Gasteiger partial charge is 0.247 e. The fourth-order valence-electron chi connectivity index (χ4n) is 2.36. The number of carbonyl (C=O) groups is 1. The molecule has 25 heavy (non-hydrogen) atoms. The second-order valence-electron chi connectivity index (χ2n) is 5.32. The van der Waals surface area contributed by atoms with Gasteiger partial charge >= 0.3 is 0 Å². The van der Waals surface area contributed by atoms with E-state index in [1.807, 2.05) is 18.2 Å². The first-order valence-corrected chi connectivity index (χ1v) is 7.50. The van der Waals surface area contributed by atoms with Crippen LogP contribution < -0.4 is 14.8 Å². The van der Waals surface area contributed by atoms with E-state index in [0.717, 1.165) is 11.1 Å². The van der Waals surface area contributed by atoms with Gasteiger partial charge in [0.2, 0.25) is 5.91 Å². The molecule has 0 aliphatic heterocycles. The number of carbonyl (C=O) groups excluding carboxylic acids is 1. The summed E-state index contributed by atoms with van der Waals surface area (Å²) in [6, 6.07) is 5.51. The number of aromatic nitrogens is 5. The van der Waals surface area contributed by atoms with Crippen LogP contribution in [0.3, 0.4) is 0 Å². The van der Waals surface area contributed by atoms with E-state index in [1.165, 1.54) is 4.68 Å². The van der Waals surface area contributed by atoms with Gasteiger partial charge in [-0.15, -0.1) is 5.10 Å². The van der Waals surface area contributed by atoms with Crippen molar-refractivity contribution >= 4 is 11.7 Å². The summed E-state index contributed by atoms with van der Waals surface area (Å²) in [5.41, 5.74) is 1.66. The van der Waals surface area contributed by atoms with Gasteiger partial charge in [-0.2, -0.15) is 5.10 Å². The van der Waals surface area contributed by atoms with Gasteiger partial charge < -0.3 is 14.8 Å². The molecule has 9 heteroatoms. The first-order valence-electron chi connectivity index (χ1n) is 7.50. The van der Waals surface area contributed by atoms with Crippen LogP contribution in [0.25, 0.3) is 11.1 Å². The maximum absolute atomic E-state index is 12.1. The van der Waals surface area contributed by atoms with Crippen molar-refractivity contribution in [3.05, 3.63) is 36.8 Å². The zero-order chi connectivity index (χ0) is 17.8. The molecule has 0 fully saturated rings. The third kappa shape index (κ3) is 3.77. The Labute approximate surface area is 144 Å². The van der Waals surface area contributed by atoms with Gasteiger partial charge in [0.05, 0.1) is 26.6 Å². The molecule has 2 heterocycles. The minimum atomic E-state index is -0.243. The standard InChI is InChI=1S/C16H18N6O3/c1-21-9-15(19-20-21)18-16(23)10-22-8-11(7-17-22)13-6-12(24-2)4-5-14(13)25-3/h4-9H,10H2,1-3H3,(H,18,23). The Hall–Kier alpha value is -3.36. The van der Waals surface area contributed by atoms with Gasteiger partial charge in [0.1, 0.15) is 18.0 Å². The topological polar surface area (TPSA) is 96.1 Å². The van der Waals surface area contributed by atoms with Gasteiger partial charge in [0, 0.05) is 24.4 Å². The predicted octanol–water partition coefficient (Wildman–Crippen LogP) is 1.33. The number of benzene rings is 1. The van der Waals surface area contributed by atoms with Crippen molar-refractivity contribution in [2.75, 3.05) is 19.5 Å². The lowest BCUT2D eigenvalue weighted by atomic mass is 10.1. The summed E-state index contributed by atoms with van der Waals surface area (Å²) >= 11 is 0.